The largest absolute Gasteiger partial charge is 0.399 e. The van der Waals surface area contributed by atoms with Crippen LogP contribution in [0.25, 0.3) is 0 Å². The van der Waals surface area contributed by atoms with Crippen LogP contribution >= 0.6 is 0 Å². The van der Waals surface area contributed by atoms with Crippen LogP contribution in [0, 0.1) is 5.92 Å². The number of hydrogen-bond donors (Lipinski definition) is 1. The molecule has 0 heterocycles. The quantitative estimate of drug-likeness (QED) is 0.591. The molecule has 4 heteroatoms. The Labute approximate surface area is 127 Å². The van der Waals surface area contributed by atoms with E-state index in [9.17, 15) is 4.79 Å². The summed E-state index contributed by atoms with van der Waals surface area (Å²) in [6.07, 6.45) is 3.12. The molecular weight excluding hydrogens is 264 g/mol. The molecule has 0 spiro atoms. The van der Waals surface area contributed by atoms with Crippen LogP contribution in [0.1, 0.15) is 37.7 Å². The normalized spacial score (nSPS) is 15.7. The number of anilines is 1. The first-order valence-electron chi connectivity index (χ1n) is 7.73. The summed E-state index contributed by atoms with van der Waals surface area (Å²) in [4.78, 5) is 13.9. The van der Waals surface area contributed by atoms with Crippen molar-refractivity contribution in [2.75, 3.05) is 32.5 Å². The maximum atomic E-state index is 12.2. The first-order chi connectivity index (χ1) is 10.1. The fourth-order valence-electron chi connectivity index (χ4n) is 2.22. The molecule has 1 aromatic rings. The van der Waals surface area contributed by atoms with Gasteiger partial charge in [0.2, 0.25) is 5.91 Å². The predicted octanol–water partition coefficient (Wildman–Crippen LogP) is 2.65. The van der Waals surface area contributed by atoms with E-state index >= 15 is 0 Å². The number of benzene rings is 1. The van der Waals surface area contributed by atoms with E-state index in [2.05, 4.69) is 6.92 Å². The summed E-state index contributed by atoms with van der Waals surface area (Å²) in [7, 11) is 1.85. The maximum absolute atomic E-state index is 12.2. The second-order valence-electron chi connectivity index (χ2n) is 6.11. The number of carbonyl (C=O) groups excluding carboxylic acids is 1. The highest BCUT2D eigenvalue weighted by molar-refractivity contribution is 5.76. The van der Waals surface area contributed by atoms with Gasteiger partial charge in [0.25, 0.3) is 0 Å². The molecule has 0 radical (unpaired) electrons. The third-order valence-electron chi connectivity index (χ3n) is 4.03. The lowest BCUT2D eigenvalue weighted by Gasteiger charge is -2.20. The maximum Gasteiger partial charge on any atom is 0.222 e. The van der Waals surface area contributed by atoms with Gasteiger partial charge in [-0.25, -0.2) is 0 Å². The van der Waals surface area contributed by atoms with E-state index in [1.54, 1.807) is 4.90 Å². The molecule has 1 atom stereocenters. The highest BCUT2D eigenvalue weighted by atomic mass is 16.5. The number of nitrogens with zero attached hydrogens (tertiary/aromatic N) is 1. The summed E-state index contributed by atoms with van der Waals surface area (Å²) in [5.41, 5.74) is 7.58. The molecule has 1 amide bonds. The SMILES string of the molecule is CC(CC(=O)N(C)CCOCC1CC1)c1ccc(N)cc1. The van der Waals surface area contributed by atoms with Crippen molar-refractivity contribution >= 4 is 11.6 Å². The lowest BCUT2D eigenvalue weighted by atomic mass is 9.97. The third-order valence-corrected chi connectivity index (χ3v) is 4.03. The van der Waals surface area contributed by atoms with Crippen molar-refractivity contribution in [3.8, 4) is 0 Å². The Kier molecular flexibility index (Phi) is 5.62. The van der Waals surface area contributed by atoms with E-state index in [-0.39, 0.29) is 11.8 Å². The predicted molar refractivity (Wildman–Crippen MR) is 85.1 cm³/mol. The Bertz CT molecular complexity index is 454. The molecule has 1 saturated carbocycles. The van der Waals surface area contributed by atoms with Gasteiger partial charge in [-0.15, -0.1) is 0 Å². The zero-order valence-corrected chi connectivity index (χ0v) is 13.0. The Hall–Kier alpha value is -1.55. The van der Waals surface area contributed by atoms with E-state index in [4.69, 9.17) is 10.5 Å². The van der Waals surface area contributed by atoms with E-state index in [1.165, 1.54) is 12.8 Å². The standard InChI is InChI=1S/C17H26N2O2/c1-13(15-5-7-16(18)8-6-15)11-17(20)19(2)9-10-21-12-14-3-4-14/h5-8,13-14H,3-4,9-12,18H2,1-2H3. The number of ether oxygens (including phenoxy) is 1. The van der Waals surface area contributed by atoms with Crippen molar-refractivity contribution in [2.45, 2.75) is 32.1 Å². The number of likely N-dealkylation sites (N-methyl/N-ethyl adjacent to an activating group) is 1. The summed E-state index contributed by atoms with van der Waals surface area (Å²) in [5, 5.41) is 0. The van der Waals surface area contributed by atoms with Crippen molar-refractivity contribution in [1.29, 1.82) is 0 Å². The van der Waals surface area contributed by atoms with E-state index in [1.807, 2.05) is 31.3 Å². The number of nitrogen functional groups attached to an aromatic ring is 1. The average molecular weight is 290 g/mol. The Morgan fingerprint density at radius 3 is 2.67 bits per heavy atom. The first kappa shape index (κ1) is 15.8. The van der Waals surface area contributed by atoms with Crippen molar-refractivity contribution < 1.29 is 9.53 Å². The topological polar surface area (TPSA) is 55.6 Å². The molecule has 1 unspecified atom stereocenters. The monoisotopic (exact) mass is 290 g/mol. The lowest BCUT2D eigenvalue weighted by Crippen LogP contribution is -2.31. The summed E-state index contributed by atoms with van der Waals surface area (Å²) < 4.78 is 5.57. The van der Waals surface area contributed by atoms with Crippen LogP contribution in [0.3, 0.4) is 0 Å². The summed E-state index contributed by atoms with van der Waals surface area (Å²) in [6.45, 7) is 4.22. The minimum absolute atomic E-state index is 0.161. The number of hydrogen-bond acceptors (Lipinski definition) is 3. The van der Waals surface area contributed by atoms with Gasteiger partial charge in [0.15, 0.2) is 0 Å². The fourth-order valence-corrected chi connectivity index (χ4v) is 2.22. The third kappa shape index (κ3) is 5.38. The van der Waals surface area contributed by atoms with Gasteiger partial charge in [-0.1, -0.05) is 19.1 Å². The van der Waals surface area contributed by atoms with Crippen LogP contribution in [-0.4, -0.2) is 37.6 Å². The summed E-state index contributed by atoms with van der Waals surface area (Å²) in [5.74, 6) is 1.14. The smallest absolute Gasteiger partial charge is 0.222 e. The number of carbonyl (C=O) groups is 1. The van der Waals surface area contributed by atoms with Gasteiger partial charge in [-0.2, -0.15) is 0 Å². The molecule has 0 saturated heterocycles. The van der Waals surface area contributed by atoms with Gasteiger partial charge >= 0.3 is 0 Å². The van der Waals surface area contributed by atoms with Crippen LogP contribution in [0.4, 0.5) is 5.69 Å². The van der Waals surface area contributed by atoms with Crippen molar-refractivity contribution in [1.82, 2.24) is 4.90 Å². The average Bonchev–Trinajstić information content (AvgIpc) is 3.28. The molecule has 0 aliphatic heterocycles. The number of rotatable bonds is 8. The molecule has 1 aliphatic carbocycles. The lowest BCUT2D eigenvalue weighted by molar-refractivity contribution is -0.130. The van der Waals surface area contributed by atoms with Gasteiger partial charge in [-0.05, 0) is 42.4 Å². The van der Waals surface area contributed by atoms with E-state index in [0.717, 1.165) is 23.8 Å². The number of nitrogens with two attached hydrogens (primary N) is 1. The minimum atomic E-state index is 0.161. The fraction of sp³-hybridized carbons (Fsp3) is 0.588. The van der Waals surface area contributed by atoms with Crippen molar-refractivity contribution in [3.05, 3.63) is 29.8 Å². The van der Waals surface area contributed by atoms with Crippen molar-refractivity contribution in [3.63, 3.8) is 0 Å². The first-order valence-corrected chi connectivity index (χ1v) is 7.73. The molecule has 2 rings (SSSR count). The molecular formula is C17H26N2O2. The van der Waals surface area contributed by atoms with Gasteiger partial charge in [0.1, 0.15) is 0 Å². The molecule has 0 bridgehead atoms. The Morgan fingerprint density at radius 2 is 2.05 bits per heavy atom. The highest BCUT2D eigenvalue weighted by Gasteiger charge is 2.21. The second-order valence-corrected chi connectivity index (χ2v) is 6.11. The molecule has 116 valence electrons. The van der Waals surface area contributed by atoms with Crippen LogP contribution in [0.2, 0.25) is 0 Å². The molecule has 0 aromatic heterocycles. The van der Waals surface area contributed by atoms with E-state index in [0.29, 0.717) is 19.6 Å². The van der Waals surface area contributed by atoms with Crippen LogP contribution in [0.15, 0.2) is 24.3 Å². The van der Waals surface area contributed by atoms with Crippen molar-refractivity contribution in [2.24, 2.45) is 5.92 Å². The van der Waals surface area contributed by atoms with Crippen LogP contribution < -0.4 is 5.73 Å². The summed E-state index contributed by atoms with van der Waals surface area (Å²) >= 11 is 0. The summed E-state index contributed by atoms with van der Waals surface area (Å²) in [6, 6.07) is 7.75. The molecule has 1 aromatic carbocycles. The van der Waals surface area contributed by atoms with Gasteiger partial charge in [0, 0.05) is 32.3 Å². The molecule has 2 N–H and O–H groups in total. The van der Waals surface area contributed by atoms with Gasteiger partial charge in [-0.3, -0.25) is 4.79 Å². The molecule has 1 fully saturated rings. The van der Waals surface area contributed by atoms with Gasteiger partial charge in [0.05, 0.1) is 6.61 Å². The zero-order valence-electron chi connectivity index (χ0n) is 13.0. The highest BCUT2D eigenvalue weighted by Crippen LogP contribution is 2.28. The van der Waals surface area contributed by atoms with Crippen LogP contribution in [-0.2, 0) is 9.53 Å². The number of amides is 1. The molecule has 4 nitrogen and oxygen atoms in total. The second kappa shape index (κ2) is 7.46. The molecule has 21 heavy (non-hydrogen) atoms. The Balaban J connectivity index is 1.69. The zero-order chi connectivity index (χ0) is 15.2. The molecule has 1 aliphatic rings. The Morgan fingerprint density at radius 1 is 1.38 bits per heavy atom. The van der Waals surface area contributed by atoms with Crippen LogP contribution in [0.5, 0.6) is 0 Å². The van der Waals surface area contributed by atoms with Gasteiger partial charge < -0.3 is 15.4 Å². The minimum Gasteiger partial charge on any atom is -0.399 e. The van der Waals surface area contributed by atoms with E-state index < -0.39 is 0 Å².